The van der Waals surface area contributed by atoms with Crippen molar-refractivity contribution < 1.29 is 8.42 Å². The van der Waals surface area contributed by atoms with Gasteiger partial charge in [-0.2, -0.15) is 4.31 Å². The van der Waals surface area contributed by atoms with Gasteiger partial charge in [0.25, 0.3) is 0 Å². The maximum Gasteiger partial charge on any atom is 0.243 e. The number of piperazine rings is 1. The SMILES string of the molecule is CCc1ccc(N)cc1S(=O)(=O)N1CCN(C(C)C)CC1. The maximum absolute atomic E-state index is 12.8. The van der Waals surface area contributed by atoms with Gasteiger partial charge in [0.15, 0.2) is 0 Å². The second kappa shape index (κ2) is 6.34. The van der Waals surface area contributed by atoms with E-state index in [1.807, 2.05) is 13.0 Å². The Hall–Kier alpha value is -1.11. The van der Waals surface area contributed by atoms with Crippen LogP contribution in [-0.4, -0.2) is 49.8 Å². The second-order valence-corrected chi connectivity index (χ2v) is 7.66. The molecule has 118 valence electrons. The minimum absolute atomic E-state index is 0.364. The number of hydrogen-bond acceptors (Lipinski definition) is 4. The zero-order valence-corrected chi connectivity index (χ0v) is 13.9. The fourth-order valence-corrected chi connectivity index (χ4v) is 4.45. The molecule has 0 radical (unpaired) electrons. The highest BCUT2D eigenvalue weighted by Crippen LogP contribution is 2.24. The molecule has 21 heavy (non-hydrogen) atoms. The van der Waals surface area contributed by atoms with E-state index in [1.54, 1.807) is 16.4 Å². The van der Waals surface area contributed by atoms with Crippen LogP contribution in [0.15, 0.2) is 23.1 Å². The Balaban J connectivity index is 2.25. The van der Waals surface area contributed by atoms with Gasteiger partial charge in [-0.1, -0.05) is 13.0 Å². The van der Waals surface area contributed by atoms with Crippen LogP contribution in [0.25, 0.3) is 0 Å². The van der Waals surface area contributed by atoms with E-state index in [2.05, 4.69) is 18.7 Å². The highest BCUT2D eigenvalue weighted by Gasteiger charge is 2.30. The van der Waals surface area contributed by atoms with Crippen molar-refractivity contribution in [1.82, 2.24) is 9.21 Å². The predicted molar refractivity (Wildman–Crippen MR) is 85.7 cm³/mol. The highest BCUT2D eigenvalue weighted by molar-refractivity contribution is 7.89. The fraction of sp³-hybridized carbons (Fsp3) is 0.600. The predicted octanol–water partition coefficient (Wildman–Crippen LogP) is 1.55. The number of aryl methyl sites for hydroxylation is 1. The normalized spacial score (nSPS) is 18.3. The number of benzene rings is 1. The fourth-order valence-electron chi connectivity index (χ4n) is 2.70. The number of sulfonamides is 1. The first-order chi connectivity index (χ1) is 9.86. The van der Waals surface area contributed by atoms with Crippen LogP contribution in [0.4, 0.5) is 5.69 Å². The summed E-state index contributed by atoms with van der Waals surface area (Å²) >= 11 is 0. The van der Waals surface area contributed by atoms with Gasteiger partial charge in [-0.15, -0.1) is 0 Å². The van der Waals surface area contributed by atoms with Crippen molar-refractivity contribution in [2.75, 3.05) is 31.9 Å². The molecular weight excluding hydrogens is 286 g/mol. The number of nitrogen functional groups attached to an aromatic ring is 1. The Kier molecular flexibility index (Phi) is 4.91. The van der Waals surface area contributed by atoms with Gasteiger partial charge < -0.3 is 5.73 Å². The van der Waals surface area contributed by atoms with E-state index in [1.165, 1.54) is 0 Å². The summed E-state index contributed by atoms with van der Waals surface area (Å²) in [6.07, 6.45) is 0.681. The number of anilines is 1. The number of nitrogens with two attached hydrogens (primary N) is 1. The van der Waals surface area contributed by atoms with Crippen molar-refractivity contribution in [2.24, 2.45) is 0 Å². The number of nitrogens with zero attached hydrogens (tertiary/aromatic N) is 2. The zero-order valence-electron chi connectivity index (χ0n) is 13.0. The molecule has 0 amide bonds. The molecule has 1 saturated heterocycles. The van der Waals surface area contributed by atoms with E-state index >= 15 is 0 Å². The van der Waals surface area contributed by atoms with Gasteiger partial charge in [0, 0.05) is 37.9 Å². The summed E-state index contributed by atoms with van der Waals surface area (Å²) in [6.45, 7) is 8.87. The van der Waals surface area contributed by atoms with Gasteiger partial charge in [0.2, 0.25) is 10.0 Å². The van der Waals surface area contributed by atoms with E-state index in [0.29, 0.717) is 36.1 Å². The summed E-state index contributed by atoms with van der Waals surface area (Å²) in [5, 5.41) is 0. The lowest BCUT2D eigenvalue weighted by Crippen LogP contribution is -2.50. The smallest absolute Gasteiger partial charge is 0.243 e. The third kappa shape index (κ3) is 3.39. The van der Waals surface area contributed by atoms with Crippen molar-refractivity contribution in [3.63, 3.8) is 0 Å². The minimum atomic E-state index is -3.45. The molecule has 0 aromatic heterocycles. The molecule has 1 aromatic rings. The topological polar surface area (TPSA) is 66.6 Å². The van der Waals surface area contributed by atoms with Crippen LogP contribution in [0, 0.1) is 0 Å². The lowest BCUT2D eigenvalue weighted by atomic mass is 10.1. The third-order valence-electron chi connectivity index (χ3n) is 4.09. The molecule has 1 aliphatic heterocycles. The van der Waals surface area contributed by atoms with E-state index in [0.717, 1.165) is 18.7 Å². The van der Waals surface area contributed by atoms with Crippen molar-refractivity contribution in [3.05, 3.63) is 23.8 Å². The van der Waals surface area contributed by atoms with Crippen LogP contribution >= 0.6 is 0 Å². The van der Waals surface area contributed by atoms with Gasteiger partial charge >= 0.3 is 0 Å². The minimum Gasteiger partial charge on any atom is -0.399 e. The molecule has 0 aliphatic carbocycles. The van der Waals surface area contributed by atoms with Crippen molar-refractivity contribution >= 4 is 15.7 Å². The Morgan fingerprint density at radius 1 is 1.19 bits per heavy atom. The maximum atomic E-state index is 12.8. The first-order valence-corrected chi connectivity index (χ1v) is 8.93. The zero-order chi connectivity index (χ0) is 15.6. The molecule has 0 bridgehead atoms. The summed E-state index contributed by atoms with van der Waals surface area (Å²) in [4.78, 5) is 2.66. The summed E-state index contributed by atoms with van der Waals surface area (Å²) in [5.74, 6) is 0. The van der Waals surface area contributed by atoms with Gasteiger partial charge in [-0.05, 0) is 38.0 Å². The Morgan fingerprint density at radius 3 is 2.33 bits per heavy atom. The molecule has 1 aliphatic rings. The van der Waals surface area contributed by atoms with Gasteiger partial charge in [-0.3, -0.25) is 4.90 Å². The van der Waals surface area contributed by atoms with Crippen LogP contribution in [0.3, 0.4) is 0 Å². The Bertz CT molecular complexity index is 591. The van der Waals surface area contributed by atoms with E-state index < -0.39 is 10.0 Å². The molecule has 2 rings (SSSR count). The second-order valence-electron chi connectivity index (χ2n) is 5.75. The van der Waals surface area contributed by atoms with Crippen LogP contribution < -0.4 is 5.73 Å². The van der Waals surface area contributed by atoms with Crippen molar-refractivity contribution in [3.8, 4) is 0 Å². The lowest BCUT2D eigenvalue weighted by molar-refractivity contribution is 0.154. The Morgan fingerprint density at radius 2 is 1.81 bits per heavy atom. The van der Waals surface area contributed by atoms with Crippen LogP contribution in [0.5, 0.6) is 0 Å². The van der Waals surface area contributed by atoms with E-state index in [4.69, 9.17) is 5.73 Å². The highest BCUT2D eigenvalue weighted by atomic mass is 32.2. The molecule has 1 aromatic carbocycles. The van der Waals surface area contributed by atoms with Gasteiger partial charge in [0.05, 0.1) is 4.90 Å². The molecule has 1 fully saturated rings. The van der Waals surface area contributed by atoms with Crippen LogP contribution in [-0.2, 0) is 16.4 Å². The first kappa shape index (κ1) is 16.3. The van der Waals surface area contributed by atoms with Crippen molar-refractivity contribution in [2.45, 2.75) is 38.1 Å². The average Bonchev–Trinajstić information content (AvgIpc) is 2.47. The number of hydrogen-bond donors (Lipinski definition) is 1. The van der Waals surface area contributed by atoms with Crippen molar-refractivity contribution in [1.29, 1.82) is 0 Å². The molecule has 0 spiro atoms. The average molecular weight is 311 g/mol. The lowest BCUT2D eigenvalue weighted by Gasteiger charge is -2.36. The number of rotatable bonds is 4. The molecule has 5 nitrogen and oxygen atoms in total. The Labute approximate surface area is 127 Å². The van der Waals surface area contributed by atoms with Gasteiger partial charge in [-0.25, -0.2) is 8.42 Å². The summed E-state index contributed by atoms with van der Waals surface area (Å²) in [6, 6.07) is 5.61. The molecule has 0 saturated carbocycles. The molecular formula is C15H25N3O2S. The largest absolute Gasteiger partial charge is 0.399 e. The summed E-state index contributed by atoms with van der Waals surface area (Å²) < 4.78 is 27.3. The van der Waals surface area contributed by atoms with E-state index in [9.17, 15) is 8.42 Å². The first-order valence-electron chi connectivity index (χ1n) is 7.49. The molecule has 6 heteroatoms. The van der Waals surface area contributed by atoms with Gasteiger partial charge in [0.1, 0.15) is 0 Å². The molecule has 0 atom stereocenters. The molecule has 2 N–H and O–H groups in total. The quantitative estimate of drug-likeness (QED) is 0.857. The summed E-state index contributed by atoms with van der Waals surface area (Å²) in [7, 11) is -3.45. The monoisotopic (exact) mass is 311 g/mol. The molecule has 1 heterocycles. The summed E-state index contributed by atoms with van der Waals surface area (Å²) in [5.41, 5.74) is 7.10. The molecule has 0 unspecified atom stereocenters. The van der Waals surface area contributed by atoms with E-state index in [-0.39, 0.29) is 0 Å². The van der Waals surface area contributed by atoms with Crippen LogP contribution in [0.1, 0.15) is 26.3 Å². The van der Waals surface area contributed by atoms with Crippen LogP contribution in [0.2, 0.25) is 0 Å². The standard InChI is InChI=1S/C15H25N3O2S/c1-4-13-5-6-14(16)11-15(13)21(19,20)18-9-7-17(8-10-18)12(2)3/h5-6,11-12H,4,7-10,16H2,1-3H3. The third-order valence-corrected chi connectivity index (χ3v) is 6.07.